The van der Waals surface area contributed by atoms with E-state index < -0.39 is 0 Å². The van der Waals surface area contributed by atoms with Crippen molar-refractivity contribution in [2.75, 3.05) is 14.2 Å². The van der Waals surface area contributed by atoms with Crippen LogP contribution in [0.5, 0.6) is 11.5 Å². The standard InChI is InChI=1S/C10H10Br2O2/c1-13-8-4-3-5-9(14-2)7(8)6-10(11)12/h3-6H,1-2H3. The molecule has 76 valence electrons. The molecule has 2 nitrogen and oxygen atoms in total. The lowest BCUT2D eigenvalue weighted by Crippen LogP contribution is -1.91. The van der Waals surface area contributed by atoms with Crippen LogP contribution in [0.1, 0.15) is 5.56 Å². The minimum atomic E-state index is 0.778. The van der Waals surface area contributed by atoms with Gasteiger partial charge in [-0.1, -0.05) is 6.07 Å². The molecule has 0 amide bonds. The number of halogens is 2. The molecule has 0 saturated carbocycles. The van der Waals surface area contributed by atoms with Crippen LogP contribution in [0, 0.1) is 0 Å². The predicted octanol–water partition coefficient (Wildman–Crippen LogP) is 3.79. The molecule has 0 aliphatic rings. The summed E-state index contributed by atoms with van der Waals surface area (Å²) in [5.41, 5.74) is 0.904. The Bertz CT molecular complexity index is 322. The second-order valence-corrected chi connectivity index (χ2v) is 5.28. The minimum absolute atomic E-state index is 0.778. The molecule has 0 spiro atoms. The first-order valence-corrected chi connectivity index (χ1v) is 5.51. The monoisotopic (exact) mass is 320 g/mol. The second kappa shape index (κ2) is 5.41. The highest BCUT2D eigenvalue weighted by Crippen LogP contribution is 2.32. The fraction of sp³-hybridized carbons (Fsp3) is 0.200. The molecule has 1 aromatic carbocycles. The molecule has 0 N–H and O–H groups in total. The Balaban J connectivity index is 3.26. The highest BCUT2D eigenvalue weighted by Gasteiger charge is 2.06. The molecular formula is C10H10Br2O2. The van der Waals surface area contributed by atoms with E-state index in [4.69, 9.17) is 9.47 Å². The maximum atomic E-state index is 5.22. The van der Waals surface area contributed by atoms with Crippen molar-refractivity contribution >= 4 is 37.9 Å². The van der Waals surface area contributed by atoms with Crippen LogP contribution in [0.2, 0.25) is 0 Å². The fourth-order valence-electron chi connectivity index (χ4n) is 1.13. The van der Waals surface area contributed by atoms with Gasteiger partial charge in [-0.3, -0.25) is 0 Å². The summed E-state index contributed by atoms with van der Waals surface area (Å²) in [6.45, 7) is 0. The smallest absolute Gasteiger partial charge is 0.129 e. The molecular weight excluding hydrogens is 312 g/mol. The van der Waals surface area contributed by atoms with Crippen molar-refractivity contribution in [1.82, 2.24) is 0 Å². The molecule has 0 aliphatic carbocycles. The Morgan fingerprint density at radius 2 is 1.64 bits per heavy atom. The van der Waals surface area contributed by atoms with E-state index in [9.17, 15) is 0 Å². The Morgan fingerprint density at radius 1 is 1.14 bits per heavy atom. The van der Waals surface area contributed by atoms with Gasteiger partial charge in [0.1, 0.15) is 11.5 Å². The molecule has 4 heteroatoms. The molecule has 1 rings (SSSR count). The molecule has 0 saturated heterocycles. The summed E-state index contributed by atoms with van der Waals surface area (Å²) in [6, 6.07) is 5.66. The van der Waals surface area contributed by atoms with Crippen LogP contribution in [0.4, 0.5) is 0 Å². The van der Waals surface area contributed by atoms with Crippen molar-refractivity contribution in [2.24, 2.45) is 0 Å². The summed E-state index contributed by atoms with van der Waals surface area (Å²) in [4.78, 5) is 0. The van der Waals surface area contributed by atoms with Gasteiger partial charge in [0.15, 0.2) is 0 Å². The van der Waals surface area contributed by atoms with Crippen LogP contribution in [0.15, 0.2) is 21.6 Å². The van der Waals surface area contributed by atoms with Gasteiger partial charge in [0.25, 0.3) is 0 Å². The summed E-state index contributed by atoms with van der Waals surface area (Å²) in [7, 11) is 3.27. The predicted molar refractivity (Wildman–Crippen MR) is 65.4 cm³/mol. The SMILES string of the molecule is COc1cccc(OC)c1C=C(Br)Br. The molecule has 0 aromatic heterocycles. The van der Waals surface area contributed by atoms with E-state index >= 15 is 0 Å². The Morgan fingerprint density at radius 3 is 2.00 bits per heavy atom. The Kier molecular flexibility index (Phi) is 4.48. The van der Waals surface area contributed by atoms with Gasteiger partial charge in [0, 0.05) is 0 Å². The maximum Gasteiger partial charge on any atom is 0.129 e. The topological polar surface area (TPSA) is 18.5 Å². The third kappa shape index (κ3) is 2.75. The van der Waals surface area contributed by atoms with Gasteiger partial charge >= 0.3 is 0 Å². The Labute approximate surface area is 100 Å². The summed E-state index contributed by atoms with van der Waals surface area (Å²) >= 11 is 6.61. The third-order valence-corrected chi connectivity index (χ3v) is 2.18. The van der Waals surface area contributed by atoms with Gasteiger partial charge in [-0.15, -0.1) is 0 Å². The molecule has 0 radical (unpaired) electrons. The average Bonchev–Trinajstić information content (AvgIpc) is 2.17. The van der Waals surface area contributed by atoms with Crippen LogP contribution in [-0.2, 0) is 0 Å². The summed E-state index contributed by atoms with van der Waals surface area (Å²) in [5.74, 6) is 1.56. The number of hydrogen-bond acceptors (Lipinski definition) is 2. The molecule has 1 aromatic rings. The first kappa shape index (κ1) is 11.6. The zero-order chi connectivity index (χ0) is 10.6. The van der Waals surface area contributed by atoms with Crippen molar-refractivity contribution in [3.8, 4) is 11.5 Å². The van der Waals surface area contributed by atoms with Gasteiger partial charge < -0.3 is 9.47 Å². The number of methoxy groups -OCH3 is 2. The number of benzene rings is 1. The lowest BCUT2D eigenvalue weighted by molar-refractivity contribution is 0.392. The molecule has 0 atom stereocenters. The molecule has 0 aliphatic heterocycles. The van der Waals surface area contributed by atoms with E-state index in [0.717, 1.165) is 20.5 Å². The molecule has 0 heterocycles. The van der Waals surface area contributed by atoms with Gasteiger partial charge in [-0.25, -0.2) is 0 Å². The van der Waals surface area contributed by atoms with Crippen LogP contribution in [0.3, 0.4) is 0 Å². The van der Waals surface area contributed by atoms with Crippen LogP contribution >= 0.6 is 31.9 Å². The maximum absolute atomic E-state index is 5.22. The molecule has 0 fully saturated rings. The zero-order valence-electron chi connectivity index (χ0n) is 7.88. The number of hydrogen-bond donors (Lipinski definition) is 0. The van der Waals surface area contributed by atoms with Crippen molar-refractivity contribution < 1.29 is 9.47 Å². The van der Waals surface area contributed by atoms with Crippen LogP contribution in [0.25, 0.3) is 6.08 Å². The average molecular weight is 322 g/mol. The van der Waals surface area contributed by atoms with E-state index in [1.54, 1.807) is 14.2 Å². The summed E-state index contributed by atoms with van der Waals surface area (Å²) in [5, 5.41) is 0. The van der Waals surface area contributed by atoms with E-state index in [0.29, 0.717) is 0 Å². The van der Waals surface area contributed by atoms with Crippen molar-refractivity contribution in [3.63, 3.8) is 0 Å². The van der Waals surface area contributed by atoms with Gasteiger partial charge in [-0.05, 0) is 50.1 Å². The fourth-order valence-corrected chi connectivity index (χ4v) is 1.59. The lowest BCUT2D eigenvalue weighted by Gasteiger charge is -2.09. The second-order valence-electron chi connectivity index (χ2n) is 2.51. The largest absolute Gasteiger partial charge is 0.496 e. The van der Waals surface area contributed by atoms with Gasteiger partial charge in [0.2, 0.25) is 0 Å². The normalized spacial score (nSPS) is 9.43. The summed E-state index contributed by atoms with van der Waals surface area (Å²) < 4.78 is 11.3. The lowest BCUT2D eigenvalue weighted by atomic mass is 10.2. The third-order valence-electron chi connectivity index (χ3n) is 1.72. The van der Waals surface area contributed by atoms with Crippen molar-refractivity contribution in [2.45, 2.75) is 0 Å². The highest BCUT2D eigenvalue weighted by atomic mass is 79.9. The van der Waals surface area contributed by atoms with Crippen molar-refractivity contribution in [3.05, 3.63) is 27.2 Å². The highest BCUT2D eigenvalue weighted by molar-refractivity contribution is 9.28. The van der Waals surface area contributed by atoms with Crippen LogP contribution in [-0.4, -0.2) is 14.2 Å². The van der Waals surface area contributed by atoms with Gasteiger partial charge in [0.05, 0.1) is 23.2 Å². The Hall–Kier alpha value is -0.480. The van der Waals surface area contributed by atoms with E-state index in [2.05, 4.69) is 31.9 Å². The van der Waals surface area contributed by atoms with E-state index in [1.807, 2.05) is 24.3 Å². The first-order valence-electron chi connectivity index (χ1n) is 3.92. The summed E-state index contributed by atoms with van der Waals surface area (Å²) in [6.07, 6.45) is 1.89. The number of rotatable bonds is 3. The van der Waals surface area contributed by atoms with Crippen LogP contribution < -0.4 is 9.47 Å². The molecule has 0 unspecified atom stereocenters. The first-order chi connectivity index (χ1) is 6.69. The zero-order valence-corrected chi connectivity index (χ0v) is 11.1. The quantitative estimate of drug-likeness (QED) is 0.843. The molecule has 0 bridgehead atoms. The number of ether oxygens (including phenoxy) is 2. The molecule has 14 heavy (non-hydrogen) atoms. The van der Waals surface area contributed by atoms with Crippen molar-refractivity contribution in [1.29, 1.82) is 0 Å². The van der Waals surface area contributed by atoms with E-state index in [1.165, 1.54) is 0 Å². The van der Waals surface area contributed by atoms with E-state index in [-0.39, 0.29) is 0 Å². The van der Waals surface area contributed by atoms with Gasteiger partial charge in [-0.2, -0.15) is 0 Å². The minimum Gasteiger partial charge on any atom is -0.496 e.